The van der Waals surface area contributed by atoms with Crippen molar-refractivity contribution in [2.24, 2.45) is 0 Å². The molecule has 29 heavy (non-hydrogen) atoms. The van der Waals surface area contributed by atoms with E-state index in [1.807, 2.05) is 12.1 Å². The van der Waals surface area contributed by atoms with Crippen LogP contribution in [0.3, 0.4) is 0 Å². The van der Waals surface area contributed by atoms with E-state index in [1.54, 1.807) is 29.2 Å². The van der Waals surface area contributed by atoms with E-state index in [9.17, 15) is 9.59 Å². The summed E-state index contributed by atoms with van der Waals surface area (Å²) in [7, 11) is 0. The first-order valence-corrected chi connectivity index (χ1v) is 10.2. The van der Waals surface area contributed by atoms with E-state index >= 15 is 0 Å². The van der Waals surface area contributed by atoms with Gasteiger partial charge in [-0.25, -0.2) is 4.68 Å². The largest absolute Gasteiger partial charge is 0.352 e. The van der Waals surface area contributed by atoms with Crippen molar-refractivity contribution in [2.45, 2.75) is 6.54 Å². The second kappa shape index (κ2) is 7.25. The van der Waals surface area contributed by atoms with Crippen LogP contribution in [-0.2, 0) is 11.3 Å². The summed E-state index contributed by atoms with van der Waals surface area (Å²) in [6.07, 6.45) is 0. The molecular weight excluding hydrogens is 388 g/mol. The Balaban J connectivity index is 1.28. The molecule has 4 aromatic rings. The van der Waals surface area contributed by atoms with Gasteiger partial charge in [0.25, 0.3) is 5.56 Å². The number of hydrogen-bond acceptors (Lipinski definition) is 7. The third-order valence-corrected chi connectivity index (χ3v) is 6.02. The summed E-state index contributed by atoms with van der Waals surface area (Å²) in [6, 6.07) is 15.2. The van der Waals surface area contributed by atoms with Crippen LogP contribution in [-0.4, -0.2) is 56.4 Å². The molecule has 8 nitrogen and oxygen atoms in total. The van der Waals surface area contributed by atoms with Gasteiger partial charge in [-0.3, -0.25) is 9.59 Å². The summed E-state index contributed by atoms with van der Waals surface area (Å²) in [5.41, 5.74) is 0.238. The number of carbonyl (C=O) groups excluding carboxylic acids is 1. The molecule has 1 saturated heterocycles. The Bertz CT molecular complexity index is 1260. The van der Waals surface area contributed by atoms with Gasteiger partial charge < -0.3 is 9.80 Å². The third-order valence-electron chi connectivity index (χ3n) is 5.20. The predicted octanol–water partition coefficient (Wildman–Crippen LogP) is 1.75. The number of hydrogen-bond donors (Lipinski definition) is 0. The molecule has 1 aliphatic rings. The number of aromatic nitrogens is 4. The molecule has 1 aliphatic heterocycles. The van der Waals surface area contributed by atoms with Crippen LogP contribution in [0.1, 0.15) is 0 Å². The minimum absolute atomic E-state index is 0.101. The van der Waals surface area contributed by atoms with Crippen LogP contribution < -0.4 is 10.5 Å². The number of carbonyl (C=O) groups is 1. The maximum absolute atomic E-state index is 12.7. The Labute approximate surface area is 170 Å². The summed E-state index contributed by atoms with van der Waals surface area (Å²) in [4.78, 5) is 29.3. The van der Waals surface area contributed by atoms with E-state index < -0.39 is 0 Å². The molecule has 1 fully saturated rings. The molecule has 0 N–H and O–H groups in total. The number of piperazine rings is 1. The predicted molar refractivity (Wildman–Crippen MR) is 112 cm³/mol. The van der Waals surface area contributed by atoms with Gasteiger partial charge in [-0.05, 0) is 35.8 Å². The highest BCUT2D eigenvalue weighted by Crippen LogP contribution is 2.29. The van der Waals surface area contributed by atoms with Crippen molar-refractivity contribution < 1.29 is 4.79 Å². The van der Waals surface area contributed by atoms with Gasteiger partial charge in [-0.15, -0.1) is 5.10 Å². The summed E-state index contributed by atoms with van der Waals surface area (Å²) < 4.78 is 6.90. The molecule has 0 radical (unpaired) electrons. The zero-order valence-corrected chi connectivity index (χ0v) is 16.4. The Morgan fingerprint density at radius 2 is 1.69 bits per heavy atom. The second-order valence-electron chi connectivity index (χ2n) is 6.94. The van der Waals surface area contributed by atoms with Crippen LogP contribution >= 0.6 is 11.5 Å². The van der Waals surface area contributed by atoms with Crippen molar-refractivity contribution in [1.29, 1.82) is 0 Å². The van der Waals surface area contributed by atoms with Crippen molar-refractivity contribution in [3.63, 3.8) is 0 Å². The van der Waals surface area contributed by atoms with Crippen molar-refractivity contribution in [2.75, 3.05) is 31.1 Å². The smallest absolute Gasteiger partial charge is 0.278 e. The van der Waals surface area contributed by atoms with Crippen molar-refractivity contribution in [3.05, 3.63) is 58.9 Å². The monoisotopic (exact) mass is 406 g/mol. The first-order chi connectivity index (χ1) is 14.2. The first-order valence-electron chi connectivity index (χ1n) is 9.40. The number of rotatable bonds is 3. The van der Waals surface area contributed by atoms with Crippen LogP contribution in [0.2, 0.25) is 0 Å². The molecular formula is C20H18N6O2S. The maximum atomic E-state index is 12.7. The van der Waals surface area contributed by atoms with E-state index in [-0.39, 0.29) is 18.0 Å². The molecule has 5 rings (SSSR count). The topological polar surface area (TPSA) is 84.2 Å². The van der Waals surface area contributed by atoms with Crippen LogP contribution in [0, 0.1) is 0 Å². The summed E-state index contributed by atoms with van der Waals surface area (Å²) in [6.45, 7) is 2.48. The molecule has 3 heterocycles. The highest BCUT2D eigenvalue weighted by atomic mass is 32.1. The summed E-state index contributed by atoms with van der Waals surface area (Å²) in [5, 5.41) is 9.58. The quantitative estimate of drug-likeness (QED) is 0.515. The van der Waals surface area contributed by atoms with Gasteiger partial charge >= 0.3 is 0 Å². The lowest BCUT2D eigenvalue weighted by Gasteiger charge is -2.35. The van der Waals surface area contributed by atoms with Gasteiger partial charge in [-0.1, -0.05) is 29.5 Å². The van der Waals surface area contributed by atoms with Crippen LogP contribution in [0.5, 0.6) is 0 Å². The third kappa shape index (κ3) is 3.23. The molecule has 1 amide bonds. The van der Waals surface area contributed by atoms with Gasteiger partial charge in [0.05, 0.1) is 10.1 Å². The van der Waals surface area contributed by atoms with Gasteiger partial charge in [0.2, 0.25) is 5.91 Å². The second-order valence-corrected chi connectivity index (χ2v) is 7.74. The first kappa shape index (κ1) is 17.7. The minimum Gasteiger partial charge on any atom is -0.352 e. The van der Waals surface area contributed by atoms with Crippen LogP contribution in [0.15, 0.2) is 53.3 Å². The van der Waals surface area contributed by atoms with E-state index in [0.717, 1.165) is 20.6 Å². The Kier molecular flexibility index (Phi) is 4.44. The zero-order chi connectivity index (χ0) is 19.8. The number of benzene rings is 2. The maximum Gasteiger partial charge on any atom is 0.278 e. The van der Waals surface area contributed by atoms with Crippen molar-refractivity contribution in [1.82, 2.24) is 24.3 Å². The lowest BCUT2D eigenvalue weighted by molar-refractivity contribution is -0.132. The molecule has 2 aromatic carbocycles. The number of nitrogens with zero attached hydrogens (tertiary/aromatic N) is 6. The van der Waals surface area contributed by atoms with E-state index in [4.69, 9.17) is 0 Å². The fourth-order valence-corrected chi connectivity index (χ4v) is 4.42. The number of amides is 1. The van der Waals surface area contributed by atoms with E-state index in [2.05, 4.69) is 31.7 Å². The summed E-state index contributed by atoms with van der Waals surface area (Å²) >= 11 is 1.49. The highest BCUT2D eigenvalue weighted by Gasteiger charge is 2.24. The molecule has 0 spiro atoms. The SMILES string of the molecule is O=C(Cn1nnc2ccccc2c1=O)N1CCN(c2nsc3ccccc23)CC1. The van der Waals surface area contributed by atoms with Crippen LogP contribution in [0.25, 0.3) is 21.0 Å². The number of fused-ring (bicyclic) bond motifs is 2. The highest BCUT2D eigenvalue weighted by molar-refractivity contribution is 7.13. The van der Waals surface area contributed by atoms with Gasteiger partial charge in [0, 0.05) is 31.6 Å². The van der Waals surface area contributed by atoms with Gasteiger partial charge in [0.15, 0.2) is 0 Å². The minimum atomic E-state index is -0.295. The molecule has 146 valence electrons. The zero-order valence-electron chi connectivity index (χ0n) is 15.6. The molecule has 0 saturated carbocycles. The Hall–Kier alpha value is -3.33. The van der Waals surface area contributed by atoms with Crippen LogP contribution in [0.4, 0.5) is 5.82 Å². The standard InChI is InChI=1S/C20H18N6O2S/c27-18(13-26-20(28)14-5-1-3-7-16(14)21-23-26)24-9-11-25(12-10-24)19-15-6-2-4-8-17(15)29-22-19/h1-8H,9-13H2. The van der Waals surface area contributed by atoms with E-state index in [1.165, 1.54) is 11.5 Å². The molecule has 2 aromatic heterocycles. The fourth-order valence-electron chi connectivity index (χ4n) is 3.62. The molecule has 0 bridgehead atoms. The molecule has 9 heteroatoms. The fraction of sp³-hybridized carbons (Fsp3) is 0.250. The number of anilines is 1. The molecule has 0 aliphatic carbocycles. The van der Waals surface area contributed by atoms with Gasteiger partial charge in [-0.2, -0.15) is 4.37 Å². The van der Waals surface area contributed by atoms with E-state index in [0.29, 0.717) is 37.1 Å². The molecule has 0 unspecified atom stereocenters. The lowest BCUT2D eigenvalue weighted by Crippen LogP contribution is -2.50. The Morgan fingerprint density at radius 3 is 2.52 bits per heavy atom. The van der Waals surface area contributed by atoms with Gasteiger partial charge in [0.1, 0.15) is 17.9 Å². The lowest BCUT2D eigenvalue weighted by atomic mass is 10.2. The summed E-state index contributed by atoms with van der Waals surface area (Å²) in [5.74, 6) is 0.855. The van der Waals surface area contributed by atoms with Crippen molar-refractivity contribution >= 4 is 44.2 Å². The average Bonchev–Trinajstić information content (AvgIpc) is 3.20. The Morgan fingerprint density at radius 1 is 0.966 bits per heavy atom. The normalized spacial score (nSPS) is 14.6. The molecule has 0 atom stereocenters. The average molecular weight is 406 g/mol. The van der Waals surface area contributed by atoms with Crippen molar-refractivity contribution in [3.8, 4) is 0 Å².